The van der Waals surface area contributed by atoms with Gasteiger partial charge in [-0.3, -0.25) is 0 Å². The molecule has 3 nitrogen and oxygen atoms in total. The third kappa shape index (κ3) is 2.85. The van der Waals surface area contributed by atoms with Crippen molar-refractivity contribution in [2.24, 2.45) is 21.7 Å². The molecule has 26 heavy (non-hydrogen) atoms. The zero-order chi connectivity index (χ0) is 18.0. The molecule has 1 aromatic heterocycles. The summed E-state index contributed by atoms with van der Waals surface area (Å²) in [5.41, 5.74) is 2.17. The standard InChI is InChI=1S/C23H37N3/c1-20-12-21(2)14-22(3,13-20)17-23(15-20,16-21)11-19-25-24-18-9-7-5-4-6-8-10-26(18)19/h4-17H2,1-3H3. The lowest BCUT2D eigenvalue weighted by Crippen LogP contribution is -2.59. The number of fused-ring (bicyclic) bond motifs is 1. The normalized spacial score (nSPS) is 45.0. The third-order valence-corrected chi connectivity index (χ3v) is 8.19. The van der Waals surface area contributed by atoms with E-state index in [0.29, 0.717) is 21.7 Å². The van der Waals surface area contributed by atoms with E-state index in [4.69, 9.17) is 5.10 Å². The van der Waals surface area contributed by atoms with Crippen LogP contribution < -0.4 is 0 Å². The Hall–Kier alpha value is -0.860. The van der Waals surface area contributed by atoms with E-state index in [1.54, 1.807) is 0 Å². The van der Waals surface area contributed by atoms with Crippen LogP contribution in [0, 0.1) is 21.7 Å². The van der Waals surface area contributed by atoms with Crippen molar-refractivity contribution in [3.8, 4) is 0 Å². The first-order valence-electron chi connectivity index (χ1n) is 11.2. The SMILES string of the molecule is CC12CC3(C)CC(C)(C1)CC(Cc1nnc4n1CCCCCCC4)(C2)C3. The molecule has 4 fully saturated rings. The quantitative estimate of drug-likeness (QED) is 0.680. The maximum atomic E-state index is 4.77. The van der Waals surface area contributed by atoms with Crippen LogP contribution in [0.25, 0.3) is 0 Å². The molecule has 3 heteroatoms. The summed E-state index contributed by atoms with van der Waals surface area (Å²) in [5, 5.41) is 9.43. The van der Waals surface area contributed by atoms with Crippen molar-refractivity contribution in [1.82, 2.24) is 14.8 Å². The lowest BCUT2D eigenvalue weighted by atomic mass is 9.36. The average molecular weight is 356 g/mol. The fourth-order valence-corrected chi connectivity index (χ4v) is 9.11. The monoisotopic (exact) mass is 355 g/mol. The minimum atomic E-state index is 0.481. The van der Waals surface area contributed by atoms with Crippen LogP contribution in [-0.2, 0) is 19.4 Å². The maximum Gasteiger partial charge on any atom is 0.133 e. The van der Waals surface area contributed by atoms with Gasteiger partial charge < -0.3 is 4.57 Å². The van der Waals surface area contributed by atoms with Gasteiger partial charge in [-0.05, 0) is 73.0 Å². The molecule has 0 N–H and O–H groups in total. The summed E-state index contributed by atoms with van der Waals surface area (Å²) in [5.74, 6) is 2.59. The molecular formula is C23H37N3. The van der Waals surface area contributed by atoms with Crippen molar-refractivity contribution in [2.75, 3.05) is 0 Å². The van der Waals surface area contributed by atoms with E-state index < -0.39 is 0 Å². The minimum absolute atomic E-state index is 0.481. The predicted octanol–water partition coefficient (Wildman–Crippen LogP) is 5.71. The van der Waals surface area contributed by atoms with E-state index in [1.807, 2.05) is 0 Å². The first-order valence-corrected chi connectivity index (χ1v) is 11.2. The van der Waals surface area contributed by atoms with Crippen LogP contribution in [0.15, 0.2) is 0 Å². The Morgan fingerprint density at radius 2 is 1.31 bits per heavy atom. The van der Waals surface area contributed by atoms with Gasteiger partial charge in [0.2, 0.25) is 0 Å². The van der Waals surface area contributed by atoms with Crippen molar-refractivity contribution < 1.29 is 0 Å². The molecule has 2 heterocycles. The largest absolute Gasteiger partial charge is 0.315 e. The number of aryl methyl sites for hydroxylation is 1. The number of nitrogens with zero attached hydrogens (tertiary/aromatic N) is 3. The summed E-state index contributed by atoms with van der Waals surface area (Å²) in [6.07, 6.45) is 17.7. The number of hydrogen-bond acceptors (Lipinski definition) is 2. The molecule has 1 aromatic rings. The van der Waals surface area contributed by atoms with E-state index in [-0.39, 0.29) is 0 Å². The Labute approximate surface area is 159 Å². The Morgan fingerprint density at radius 3 is 1.96 bits per heavy atom. The van der Waals surface area contributed by atoms with Gasteiger partial charge in [0, 0.05) is 19.4 Å². The summed E-state index contributed by atoms with van der Waals surface area (Å²) in [7, 11) is 0. The van der Waals surface area contributed by atoms with E-state index >= 15 is 0 Å². The van der Waals surface area contributed by atoms with Gasteiger partial charge in [-0.1, -0.05) is 40.0 Å². The highest BCUT2D eigenvalue weighted by molar-refractivity contribution is 5.16. The van der Waals surface area contributed by atoms with Crippen molar-refractivity contribution in [3.63, 3.8) is 0 Å². The molecule has 0 atom stereocenters. The molecule has 1 aliphatic heterocycles. The molecular weight excluding hydrogens is 318 g/mol. The van der Waals surface area contributed by atoms with Crippen LogP contribution in [0.2, 0.25) is 0 Å². The van der Waals surface area contributed by atoms with E-state index in [9.17, 15) is 0 Å². The van der Waals surface area contributed by atoms with Gasteiger partial charge in [0.1, 0.15) is 11.6 Å². The summed E-state index contributed by atoms with van der Waals surface area (Å²) >= 11 is 0. The predicted molar refractivity (Wildman–Crippen MR) is 105 cm³/mol. The van der Waals surface area contributed by atoms with Crippen molar-refractivity contribution in [1.29, 1.82) is 0 Å². The number of aromatic nitrogens is 3. The Kier molecular flexibility index (Phi) is 3.70. The smallest absolute Gasteiger partial charge is 0.133 e. The molecule has 4 aliphatic carbocycles. The Bertz CT molecular complexity index is 649. The first kappa shape index (κ1) is 17.3. The van der Waals surface area contributed by atoms with Gasteiger partial charge in [-0.25, -0.2) is 0 Å². The second kappa shape index (κ2) is 5.58. The molecule has 0 spiro atoms. The molecule has 4 bridgehead atoms. The minimum Gasteiger partial charge on any atom is -0.315 e. The molecule has 0 amide bonds. The van der Waals surface area contributed by atoms with E-state index in [1.165, 1.54) is 88.7 Å². The second-order valence-corrected chi connectivity index (χ2v) is 11.9. The van der Waals surface area contributed by atoms with Gasteiger partial charge in [0.05, 0.1) is 0 Å². The van der Waals surface area contributed by atoms with Crippen molar-refractivity contribution >= 4 is 0 Å². The molecule has 6 rings (SSSR count). The summed E-state index contributed by atoms with van der Waals surface area (Å²) in [6, 6.07) is 0. The lowest BCUT2D eigenvalue weighted by Gasteiger charge is -2.69. The molecule has 0 aromatic carbocycles. The summed E-state index contributed by atoms with van der Waals surface area (Å²) in [6.45, 7) is 8.93. The van der Waals surface area contributed by atoms with E-state index in [0.717, 1.165) is 13.0 Å². The Morgan fingerprint density at radius 1 is 0.731 bits per heavy atom. The summed E-state index contributed by atoms with van der Waals surface area (Å²) in [4.78, 5) is 0. The van der Waals surface area contributed by atoms with Crippen LogP contribution in [-0.4, -0.2) is 14.8 Å². The van der Waals surface area contributed by atoms with Crippen LogP contribution in [0.5, 0.6) is 0 Å². The van der Waals surface area contributed by atoms with Crippen molar-refractivity contribution in [2.45, 2.75) is 111 Å². The van der Waals surface area contributed by atoms with E-state index in [2.05, 4.69) is 30.4 Å². The number of hydrogen-bond donors (Lipinski definition) is 0. The number of rotatable bonds is 2. The zero-order valence-corrected chi connectivity index (χ0v) is 17.2. The molecule has 4 saturated carbocycles. The zero-order valence-electron chi connectivity index (χ0n) is 17.2. The van der Waals surface area contributed by atoms with Crippen LogP contribution >= 0.6 is 0 Å². The Balaban J connectivity index is 1.46. The highest BCUT2D eigenvalue weighted by atomic mass is 15.3. The molecule has 5 aliphatic rings. The molecule has 0 unspecified atom stereocenters. The van der Waals surface area contributed by atoms with Crippen LogP contribution in [0.3, 0.4) is 0 Å². The topological polar surface area (TPSA) is 30.7 Å². The second-order valence-electron chi connectivity index (χ2n) is 11.9. The fraction of sp³-hybridized carbons (Fsp3) is 0.913. The van der Waals surface area contributed by atoms with Gasteiger partial charge in [-0.2, -0.15) is 0 Å². The van der Waals surface area contributed by atoms with Gasteiger partial charge in [0.15, 0.2) is 0 Å². The summed E-state index contributed by atoms with van der Waals surface area (Å²) < 4.78 is 2.54. The molecule has 0 saturated heterocycles. The first-order chi connectivity index (χ1) is 12.3. The molecule has 0 radical (unpaired) electrons. The average Bonchev–Trinajstić information content (AvgIpc) is 2.86. The van der Waals surface area contributed by atoms with Crippen molar-refractivity contribution in [3.05, 3.63) is 11.6 Å². The van der Waals surface area contributed by atoms with Crippen LogP contribution in [0.4, 0.5) is 0 Å². The lowest BCUT2D eigenvalue weighted by molar-refractivity contribution is -0.183. The maximum absolute atomic E-state index is 4.77. The highest BCUT2D eigenvalue weighted by Gasteiger charge is 2.63. The van der Waals surface area contributed by atoms with Gasteiger partial charge in [0.25, 0.3) is 0 Å². The van der Waals surface area contributed by atoms with Gasteiger partial charge in [-0.15, -0.1) is 10.2 Å². The highest BCUT2D eigenvalue weighted by Crippen LogP contribution is 2.74. The van der Waals surface area contributed by atoms with Crippen LogP contribution in [0.1, 0.15) is 103 Å². The molecule has 144 valence electrons. The fourth-order valence-electron chi connectivity index (χ4n) is 9.11. The third-order valence-electron chi connectivity index (χ3n) is 8.19. The van der Waals surface area contributed by atoms with Gasteiger partial charge >= 0.3 is 0 Å².